The van der Waals surface area contributed by atoms with Crippen molar-refractivity contribution in [3.05, 3.63) is 41.6 Å². The Morgan fingerprint density at radius 3 is 2.60 bits per heavy atom. The van der Waals surface area contributed by atoms with E-state index in [1.165, 1.54) is 5.56 Å². The van der Waals surface area contributed by atoms with Crippen LogP contribution in [0.2, 0.25) is 0 Å². The van der Waals surface area contributed by atoms with E-state index in [9.17, 15) is 8.42 Å². The van der Waals surface area contributed by atoms with E-state index in [-0.39, 0.29) is 9.34 Å². The normalized spacial score (nSPS) is 11.7. The summed E-state index contributed by atoms with van der Waals surface area (Å²) in [6.45, 7) is 2.04. The Kier molecular flexibility index (Phi) is 4.74. The smallest absolute Gasteiger partial charge is 0.252 e. The van der Waals surface area contributed by atoms with E-state index in [1.54, 1.807) is 6.92 Å². The first kappa shape index (κ1) is 15.0. The van der Waals surface area contributed by atoms with Crippen LogP contribution in [0.4, 0.5) is 5.13 Å². The average molecular weight is 311 g/mol. The summed E-state index contributed by atoms with van der Waals surface area (Å²) in [4.78, 5) is 3.93. The first-order chi connectivity index (χ1) is 9.49. The first-order valence-corrected chi connectivity index (χ1v) is 8.55. The molecule has 0 fully saturated rings. The van der Waals surface area contributed by atoms with Gasteiger partial charge < -0.3 is 5.73 Å². The quantitative estimate of drug-likeness (QED) is 0.798. The van der Waals surface area contributed by atoms with Crippen molar-refractivity contribution in [2.75, 3.05) is 12.3 Å². The van der Waals surface area contributed by atoms with Gasteiger partial charge in [0.15, 0.2) is 9.34 Å². The predicted molar refractivity (Wildman–Crippen MR) is 81.2 cm³/mol. The van der Waals surface area contributed by atoms with Crippen molar-refractivity contribution in [1.82, 2.24) is 9.71 Å². The lowest BCUT2D eigenvalue weighted by molar-refractivity contribution is 0.580. The fraction of sp³-hybridized carbons (Fsp3) is 0.308. The largest absolute Gasteiger partial charge is 0.375 e. The Balaban J connectivity index is 1.89. The summed E-state index contributed by atoms with van der Waals surface area (Å²) < 4.78 is 27.0. The maximum Gasteiger partial charge on any atom is 0.252 e. The molecule has 1 heterocycles. The lowest BCUT2D eigenvalue weighted by Gasteiger charge is -2.05. The van der Waals surface area contributed by atoms with Crippen LogP contribution in [0.25, 0.3) is 0 Å². The summed E-state index contributed by atoms with van der Waals surface area (Å²) in [5.41, 5.74) is 7.17. The van der Waals surface area contributed by atoms with Gasteiger partial charge in [-0.3, -0.25) is 0 Å². The van der Waals surface area contributed by atoms with Gasteiger partial charge in [0.25, 0.3) is 10.0 Å². The number of aryl methyl sites for hydroxylation is 2. The van der Waals surface area contributed by atoms with Gasteiger partial charge in [0.1, 0.15) is 0 Å². The Labute approximate surface area is 122 Å². The number of hydrogen-bond donors (Lipinski definition) is 2. The number of aromatic nitrogens is 1. The average Bonchev–Trinajstić information content (AvgIpc) is 2.76. The van der Waals surface area contributed by atoms with Crippen LogP contribution in [0, 0.1) is 6.92 Å². The molecule has 7 heteroatoms. The second-order valence-electron chi connectivity index (χ2n) is 4.41. The highest BCUT2D eigenvalue weighted by Gasteiger charge is 2.20. The van der Waals surface area contributed by atoms with Crippen molar-refractivity contribution in [2.24, 2.45) is 0 Å². The van der Waals surface area contributed by atoms with Crippen molar-refractivity contribution in [3.8, 4) is 0 Å². The van der Waals surface area contributed by atoms with Crippen LogP contribution in [0.15, 0.2) is 34.5 Å². The summed E-state index contributed by atoms with van der Waals surface area (Å²) in [6.07, 6.45) is 1.59. The van der Waals surface area contributed by atoms with Crippen LogP contribution in [-0.2, 0) is 16.4 Å². The molecule has 3 N–H and O–H groups in total. The molecule has 0 aliphatic carbocycles. The van der Waals surface area contributed by atoms with Gasteiger partial charge in [-0.1, -0.05) is 41.7 Å². The van der Waals surface area contributed by atoms with Gasteiger partial charge in [-0.25, -0.2) is 18.1 Å². The van der Waals surface area contributed by atoms with E-state index in [2.05, 4.69) is 9.71 Å². The Morgan fingerprint density at radius 1 is 1.30 bits per heavy atom. The molecule has 0 aliphatic heterocycles. The minimum Gasteiger partial charge on any atom is -0.375 e. The molecule has 0 spiro atoms. The van der Waals surface area contributed by atoms with Crippen LogP contribution in [0.5, 0.6) is 0 Å². The number of nitrogens with two attached hydrogens (primary N) is 1. The van der Waals surface area contributed by atoms with Gasteiger partial charge in [0, 0.05) is 6.54 Å². The molecular weight excluding hydrogens is 294 g/mol. The fourth-order valence-electron chi connectivity index (χ4n) is 1.86. The monoisotopic (exact) mass is 311 g/mol. The summed E-state index contributed by atoms with van der Waals surface area (Å²) >= 11 is 0.992. The lowest BCUT2D eigenvalue weighted by Crippen LogP contribution is -2.25. The minimum atomic E-state index is -3.50. The van der Waals surface area contributed by atoms with Crippen molar-refractivity contribution in [1.29, 1.82) is 0 Å². The summed E-state index contributed by atoms with van der Waals surface area (Å²) in [5, 5.41) is 0.271. The van der Waals surface area contributed by atoms with Gasteiger partial charge >= 0.3 is 0 Å². The third kappa shape index (κ3) is 3.78. The highest BCUT2D eigenvalue weighted by Crippen LogP contribution is 2.24. The Morgan fingerprint density at radius 2 is 2.00 bits per heavy atom. The zero-order valence-electron chi connectivity index (χ0n) is 11.2. The number of benzene rings is 1. The molecule has 1 aromatic heterocycles. The van der Waals surface area contributed by atoms with E-state index >= 15 is 0 Å². The molecule has 0 bridgehead atoms. The van der Waals surface area contributed by atoms with E-state index in [1.807, 2.05) is 30.3 Å². The van der Waals surface area contributed by atoms with Crippen LogP contribution >= 0.6 is 11.3 Å². The van der Waals surface area contributed by atoms with E-state index in [0.717, 1.165) is 24.2 Å². The van der Waals surface area contributed by atoms with Crippen LogP contribution in [0.1, 0.15) is 17.7 Å². The minimum absolute atomic E-state index is 0.203. The molecule has 2 rings (SSSR count). The first-order valence-electron chi connectivity index (χ1n) is 6.25. The molecule has 0 radical (unpaired) electrons. The van der Waals surface area contributed by atoms with Crippen LogP contribution < -0.4 is 10.5 Å². The molecule has 5 nitrogen and oxygen atoms in total. The topological polar surface area (TPSA) is 85.1 Å². The molecule has 0 saturated carbocycles. The lowest BCUT2D eigenvalue weighted by atomic mass is 10.1. The third-order valence-corrected chi connectivity index (χ3v) is 5.85. The van der Waals surface area contributed by atoms with Gasteiger partial charge in [0.2, 0.25) is 0 Å². The maximum absolute atomic E-state index is 12.1. The molecule has 1 aromatic carbocycles. The second kappa shape index (κ2) is 6.34. The molecule has 0 aliphatic rings. The number of hydrogen-bond acceptors (Lipinski definition) is 5. The van der Waals surface area contributed by atoms with Crippen molar-refractivity contribution < 1.29 is 8.42 Å². The zero-order chi connectivity index (χ0) is 14.6. The number of thiazole rings is 1. The van der Waals surface area contributed by atoms with Crippen molar-refractivity contribution in [3.63, 3.8) is 0 Å². The molecule has 2 aromatic rings. The van der Waals surface area contributed by atoms with E-state index in [0.29, 0.717) is 12.2 Å². The molecular formula is C13H17N3O2S2. The van der Waals surface area contributed by atoms with Crippen LogP contribution in [-0.4, -0.2) is 19.9 Å². The summed E-state index contributed by atoms with van der Waals surface area (Å²) in [7, 11) is -3.50. The van der Waals surface area contributed by atoms with Crippen molar-refractivity contribution >= 4 is 26.5 Å². The van der Waals surface area contributed by atoms with Gasteiger partial charge in [-0.2, -0.15) is 0 Å². The van der Waals surface area contributed by atoms with Gasteiger partial charge in [-0.15, -0.1) is 0 Å². The number of sulfonamides is 1. The summed E-state index contributed by atoms with van der Waals surface area (Å²) in [6, 6.07) is 9.97. The molecule has 0 atom stereocenters. The highest BCUT2D eigenvalue weighted by molar-refractivity contribution is 7.91. The van der Waals surface area contributed by atoms with E-state index in [4.69, 9.17) is 5.73 Å². The van der Waals surface area contributed by atoms with Gasteiger partial charge in [0.05, 0.1) is 5.69 Å². The third-order valence-electron chi connectivity index (χ3n) is 2.79. The van der Waals surface area contributed by atoms with Crippen LogP contribution in [0.3, 0.4) is 0 Å². The van der Waals surface area contributed by atoms with Crippen molar-refractivity contribution in [2.45, 2.75) is 24.0 Å². The van der Waals surface area contributed by atoms with E-state index < -0.39 is 10.0 Å². The fourth-order valence-corrected chi connectivity index (χ4v) is 4.28. The molecule has 0 unspecified atom stereocenters. The number of rotatable bonds is 6. The predicted octanol–water partition coefficient (Wildman–Crippen LogP) is 1.94. The highest BCUT2D eigenvalue weighted by atomic mass is 32.2. The number of anilines is 1. The molecule has 0 amide bonds. The Hall–Kier alpha value is -1.44. The van der Waals surface area contributed by atoms with Gasteiger partial charge in [-0.05, 0) is 25.3 Å². The summed E-state index contributed by atoms with van der Waals surface area (Å²) in [5.74, 6) is 0. The number of nitrogens with zero attached hydrogens (tertiary/aromatic N) is 1. The standard InChI is InChI=1S/C13H17N3O2S2/c1-10-12(19-13(14)16-10)20(17,18)15-9-5-8-11-6-3-2-4-7-11/h2-4,6-7,15H,5,8-9H2,1H3,(H2,14,16). The number of nitrogen functional groups attached to an aromatic ring is 1. The molecule has 20 heavy (non-hydrogen) atoms. The zero-order valence-corrected chi connectivity index (χ0v) is 12.8. The Bertz CT molecular complexity index is 666. The molecule has 0 saturated heterocycles. The maximum atomic E-state index is 12.1. The SMILES string of the molecule is Cc1nc(N)sc1S(=O)(=O)NCCCc1ccccc1. The molecule has 108 valence electrons. The number of nitrogens with one attached hydrogen (secondary N) is 1. The second-order valence-corrected chi connectivity index (χ2v) is 7.40.